The lowest BCUT2D eigenvalue weighted by Crippen LogP contribution is -2.31. The molecule has 0 spiro atoms. The zero-order valence-corrected chi connectivity index (χ0v) is 12.9. The van der Waals surface area contributed by atoms with E-state index in [1.54, 1.807) is 0 Å². The molecule has 0 radical (unpaired) electrons. The molecule has 0 fully saturated rings. The average molecular weight is 301 g/mol. The third-order valence-corrected chi connectivity index (χ3v) is 3.13. The van der Waals surface area contributed by atoms with Gasteiger partial charge in [-0.3, -0.25) is 0 Å². The van der Waals surface area contributed by atoms with Gasteiger partial charge in [-0.2, -0.15) is 0 Å². The number of aliphatic hydroxyl groups excluding tert-OH is 1. The van der Waals surface area contributed by atoms with Crippen molar-refractivity contribution in [3.05, 3.63) is 60.2 Å². The van der Waals surface area contributed by atoms with Crippen molar-refractivity contribution >= 4 is 0 Å². The quantitative estimate of drug-likeness (QED) is 0.747. The van der Waals surface area contributed by atoms with Gasteiger partial charge >= 0.3 is 0 Å². The molecule has 0 aliphatic heterocycles. The van der Waals surface area contributed by atoms with Crippen LogP contribution in [0.15, 0.2) is 54.6 Å². The zero-order chi connectivity index (χ0) is 15.6. The number of aliphatic hydroxyl groups is 1. The van der Waals surface area contributed by atoms with Gasteiger partial charge in [-0.1, -0.05) is 42.5 Å². The Kier molecular flexibility index (Phi) is 6.74. The van der Waals surface area contributed by atoms with Crippen LogP contribution in [0.2, 0.25) is 0 Å². The van der Waals surface area contributed by atoms with Crippen molar-refractivity contribution in [1.29, 1.82) is 0 Å². The summed E-state index contributed by atoms with van der Waals surface area (Å²) >= 11 is 0. The van der Waals surface area contributed by atoms with Crippen LogP contribution < -0.4 is 14.8 Å². The van der Waals surface area contributed by atoms with Crippen LogP contribution >= 0.6 is 0 Å². The second kappa shape index (κ2) is 9.07. The molecule has 0 saturated heterocycles. The molecule has 0 aliphatic carbocycles. The minimum atomic E-state index is -0.571. The lowest BCUT2D eigenvalue weighted by Gasteiger charge is -2.15. The van der Waals surface area contributed by atoms with Gasteiger partial charge in [-0.05, 0) is 24.6 Å². The molecule has 4 nitrogen and oxygen atoms in total. The van der Waals surface area contributed by atoms with Crippen molar-refractivity contribution in [1.82, 2.24) is 5.32 Å². The fourth-order valence-corrected chi connectivity index (χ4v) is 2.07. The Morgan fingerprint density at radius 1 is 0.955 bits per heavy atom. The van der Waals surface area contributed by atoms with Gasteiger partial charge in [-0.15, -0.1) is 0 Å². The Labute approximate surface area is 131 Å². The Bertz CT molecular complexity index is 545. The van der Waals surface area contributed by atoms with Crippen LogP contribution in [-0.2, 0) is 6.54 Å². The van der Waals surface area contributed by atoms with Gasteiger partial charge in [0, 0.05) is 13.1 Å². The molecule has 0 aromatic heterocycles. The van der Waals surface area contributed by atoms with Crippen LogP contribution in [-0.4, -0.2) is 31.0 Å². The highest BCUT2D eigenvalue weighted by molar-refractivity contribution is 5.39. The summed E-state index contributed by atoms with van der Waals surface area (Å²) < 4.78 is 11.1. The molecule has 0 aliphatic rings. The lowest BCUT2D eigenvalue weighted by molar-refractivity contribution is 0.104. The normalized spacial score (nSPS) is 11.9. The molecule has 118 valence electrons. The predicted octanol–water partition coefficient (Wildman–Crippen LogP) is 2.61. The minimum absolute atomic E-state index is 0.228. The SMILES string of the molecule is CCOc1ccccc1OC[C@H](O)CNCc1ccccc1. The lowest BCUT2D eigenvalue weighted by atomic mass is 10.2. The third kappa shape index (κ3) is 5.39. The van der Waals surface area contributed by atoms with Gasteiger partial charge in [0.2, 0.25) is 0 Å². The molecular formula is C18H23NO3. The highest BCUT2D eigenvalue weighted by Crippen LogP contribution is 2.26. The van der Waals surface area contributed by atoms with Crippen LogP contribution in [0, 0.1) is 0 Å². The van der Waals surface area contributed by atoms with Crippen LogP contribution in [0.25, 0.3) is 0 Å². The Morgan fingerprint density at radius 3 is 2.27 bits per heavy atom. The van der Waals surface area contributed by atoms with Crippen molar-refractivity contribution in [3.8, 4) is 11.5 Å². The van der Waals surface area contributed by atoms with E-state index in [2.05, 4.69) is 5.32 Å². The molecular weight excluding hydrogens is 278 g/mol. The molecule has 0 amide bonds. The number of hydrogen-bond acceptors (Lipinski definition) is 4. The Balaban J connectivity index is 1.72. The van der Waals surface area contributed by atoms with E-state index in [1.165, 1.54) is 5.56 Å². The molecule has 2 rings (SSSR count). The van der Waals surface area contributed by atoms with Crippen molar-refractivity contribution in [2.75, 3.05) is 19.8 Å². The highest BCUT2D eigenvalue weighted by Gasteiger charge is 2.08. The number of hydrogen-bond donors (Lipinski definition) is 2. The van der Waals surface area contributed by atoms with Gasteiger partial charge in [-0.25, -0.2) is 0 Å². The molecule has 0 heterocycles. The molecule has 0 saturated carbocycles. The van der Waals surface area contributed by atoms with E-state index < -0.39 is 6.10 Å². The molecule has 1 atom stereocenters. The van der Waals surface area contributed by atoms with Crippen molar-refractivity contribution in [2.24, 2.45) is 0 Å². The number of nitrogens with one attached hydrogen (secondary N) is 1. The van der Waals surface area contributed by atoms with Crippen molar-refractivity contribution < 1.29 is 14.6 Å². The monoisotopic (exact) mass is 301 g/mol. The summed E-state index contributed by atoms with van der Waals surface area (Å²) in [5.41, 5.74) is 1.19. The van der Waals surface area contributed by atoms with Crippen LogP contribution in [0.4, 0.5) is 0 Å². The summed E-state index contributed by atoms with van der Waals surface area (Å²) in [5.74, 6) is 1.36. The first-order valence-corrected chi connectivity index (χ1v) is 7.57. The van der Waals surface area contributed by atoms with Crippen LogP contribution in [0.1, 0.15) is 12.5 Å². The van der Waals surface area contributed by atoms with E-state index in [4.69, 9.17) is 9.47 Å². The Morgan fingerprint density at radius 2 is 1.59 bits per heavy atom. The molecule has 2 N–H and O–H groups in total. The van der Waals surface area contributed by atoms with Crippen molar-refractivity contribution in [2.45, 2.75) is 19.6 Å². The standard InChI is InChI=1S/C18H23NO3/c1-2-21-17-10-6-7-11-18(17)22-14-16(20)13-19-12-15-8-4-3-5-9-15/h3-11,16,19-20H,2,12-14H2,1H3/t16-/m1/s1. The Hall–Kier alpha value is -2.04. The first-order chi connectivity index (χ1) is 10.8. The second-order valence-electron chi connectivity index (χ2n) is 4.96. The summed E-state index contributed by atoms with van der Waals surface area (Å²) in [6, 6.07) is 17.6. The molecule has 2 aromatic carbocycles. The van der Waals surface area contributed by atoms with Gasteiger partial charge in [0.05, 0.1) is 6.61 Å². The molecule has 2 aromatic rings. The summed E-state index contributed by atoms with van der Waals surface area (Å²) in [6.45, 7) is 3.95. The van der Waals surface area contributed by atoms with E-state index in [0.29, 0.717) is 24.7 Å². The zero-order valence-electron chi connectivity index (χ0n) is 12.9. The first-order valence-electron chi connectivity index (χ1n) is 7.57. The molecule has 0 bridgehead atoms. The summed E-state index contributed by atoms with van der Waals surface area (Å²) in [6.07, 6.45) is -0.571. The molecule has 0 unspecified atom stereocenters. The predicted molar refractivity (Wildman–Crippen MR) is 87.3 cm³/mol. The fourth-order valence-electron chi connectivity index (χ4n) is 2.07. The average Bonchev–Trinajstić information content (AvgIpc) is 2.55. The largest absolute Gasteiger partial charge is 0.490 e. The van der Waals surface area contributed by atoms with Crippen LogP contribution in [0.3, 0.4) is 0 Å². The maximum Gasteiger partial charge on any atom is 0.161 e. The maximum absolute atomic E-state index is 9.98. The number of ether oxygens (including phenoxy) is 2. The molecule has 22 heavy (non-hydrogen) atoms. The van der Waals surface area contributed by atoms with E-state index >= 15 is 0 Å². The summed E-state index contributed by atoms with van der Waals surface area (Å²) in [7, 11) is 0. The smallest absolute Gasteiger partial charge is 0.161 e. The van der Waals surface area contributed by atoms with E-state index in [9.17, 15) is 5.11 Å². The number of rotatable bonds is 9. The van der Waals surface area contributed by atoms with Gasteiger partial charge in [0.1, 0.15) is 12.7 Å². The number of benzene rings is 2. The topological polar surface area (TPSA) is 50.7 Å². The van der Waals surface area contributed by atoms with E-state index in [1.807, 2.05) is 61.5 Å². The summed E-state index contributed by atoms with van der Waals surface area (Å²) in [4.78, 5) is 0. The highest BCUT2D eigenvalue weighted by atomic mass is 16.5. The van der Waals surface area contributed by atoms with Crippen molar-refractivity contribution in [3.63, 3.8) is 0 Å². The van der Waals surface area contributed by atoms with E-state index in [-0.39, 0.29) is 6.61 Å². The second-order valence-corrected chi connectivity index (χ2v) is 4.96. The van der Waals surface area contributed by atoms with Crippen LogP contribution in [0.5, 0.6) is 11.5 Å². The maximum atomic E-state index is 9.98. The molecule has 4 heteroatoms. The fraction of sp³-hybridized carbons (Fsp3) is 0.333. The minimum Gasteiger partial charge on any atom is -0.490 e. The third-order valence-electron chi connectivity index (χ3n) is 3.13. The first kappa shape index (κ1) is 16.3. The van der Waals surface area contributed by atoms with E-state index in [0.717, 1.165) is 6.54 Å². The summed E-state index contributed by atoms with van der Waals surface area (Å²) in [5, 5.41) is 13.2. The number of para-hydroxylation sites is 2. The van der Waals surface area contributed by atoms with Gasteiger partial charge in [0.15, 0.2) is 11.5 Å². The van der Waals surface area contributed by atoms with Gasteiger partial charge in [0.25, 0.3) is 0 Å². The van der Waals surface area contributed by atoms with Gasteiger partial charge < -0.3 is 19.9 Å².